The lowest BCUT2D eigenvalue weighted by molar-refractivity contribution is 0.344. The molecule has 0 spiro atoms. The van der Waals surface area contributed by atoms with E-state index in [0.29, 0.717) is 17.5 Å². The van der Waals surface area contributed by atoms with Crippen molar-refractivity contribution in [3.05, 3.63) is 41.8 Å². The number of benzene rings is 1. The van der Waals surface area contributed by atoms with Gasteiger partial charge in [0.2, 0.25) is 5.89 Å². The van der Waals surface area contributed by atoms with Crippen LogP contribution in [0.3, 0.4) is 0 Å². The first-order valence-electron chi connectivity index (χ1n) is 6.02. The quantitative estimate of drug-likeness (QED) is 0.854. The molecule has 0 aliphatic rings. The molecule has 0 amide bonds. The van der Waals surface area contributed by atoms with Crippen molar-refractivity contribution in [3.8, 4) is 0 Å². The minimum atomic E-state index is -0.246. The third-order valence-corrected chi connectivity index (χ3v) is 3.82. The molecule has 1 aromatic heterocycles. The average Bonchev–Trinajstić information content (AvgIpc) is 2.84. The van der Waals surface area contributed by atoms with Gasteiger partial charge in [-0.05, 0) is 25.1 Å². The van der Waals surface area contributed by atoms with Gasteiger partial charge in [0.25, 0.3) is 0 Å². The second-order valence-electron chi connectivity index (χ2n) is 4.44. The van der Waals surface area contributed by atoms with Crippen LogP contribution in [-0.4, -0.2) is 16.2 Å². The molecule has 1 heterocycles. The smallest absolute Gasteiger partial charge is 0.231 e. The Bertz CT molecular complexity index is 544. The molecule has 4 nitrogen and oxygen atoms in total. The Morgan fingerprint density at radius 2 is 2.21 bits per heavy atom. The van der Waals surface area contributed by atoms with Gasteiger partial charge in [-0.3, -0.25) is 0 Å². The van der Waals surface area contributed by atoms with E-state index in [1.165, 1.54) is 23.9 Å². The second-order valence-corrected chi connectivity index (χ2v) is 5.49. The summed E-state index contributed by atoms with van der Waals surface area (Å²) in [7, 11) is 0. The third kappa shape index (κ3) is 3.78. The summed E-state index contributed by atoms with van der Waals surface area (Å²) in [6, 6.07) is 6.39. The summed E-state index contributed by atoms with van der Waals surface area (Å²) < 4.78 is 18.2. The topological polar surface area (TPSA) is 64.9 Å². The van der Waals surface area contributed by atoms with Gasteiger partial charge in [-0.15, -0.1) is 11.8 Å². The number of hydrogen-bond acceptors (Lipinski definition) is 5. The summed E-state index contributed by atoms with van der Waals surface area (Å²) in [6.07, 6.45) is 0. The SMILES string of the molecule is CC(N)C(C)c1nc(CSc2cccc(F)c2)no1. The first-order valence-corrected chi connectivity index (χ1v) is 7.01. The third-order valence-electron chi connectivity index (χ3n) is 2.83. The van der Waals surface area contributed by atoms with E-state index in [2.05, 4.69) is 10.1 Å². The van der Waals surface area contributed by atoms with Crippen molar-refractivity contribution in [1.29, 1.82) is 0 Å². The summed E-state index contributed by atoms with van der Waals surface area (Å²) in [5.74, 6) is 1.46. The highest BCUT2D eigenvalue weighted by molar-refractivity contribution is 7.98. The van der Waals surface area contributed by atoms with Crippen molar-refractivity contribution >= 4 is 11.8 Å². The fraction of sp³-hybridized carbons (Fsp3) is 0.385. The van der Waals surface area contributed by atoms with Gasteiger partial charge in [-0.1, -0.05) is 18.1 Å². The van der Waals surface area contributed by atoms with Crippen molar-refractivity contribution < 1.29 is 8.91 Å². The molecule has 2 atom stereocenters. The van der Waals surface area contributed by atoms with E-state index in [-0.39, 0.29) is 17.8 Å². The van der Waals surface area contributed by atoms with Gasteiger partial charge in [0.1, 0.15) is 5.82 Å². The number of nitrogens with two attached hydrogens (primary N) is 1. The molecule has 2 unspecified atom stereocenters. The molecule has 0 bridgehead atoms. The number of aromatic nitrogens is 2. The molecule has 0 aliphatic heterocycles. The molecule has 19 heavy (non-hydrogen) atoms. The number of thioether (sulfide) groups is 1. The second kappa shape index (κ2) is 6.16. The first kappa shape index (κ1) is 14.0. The molecular formula is C13H16FN3OS. The molecule has 102 valence electrons. The van der Waals surface area contributed by atoms with Crippen molar-refractivity contribution in [2.45, 2.75) is 36.5 Å². The van der Waals surface area contributed by atoms with Crippen molar-refractivity contribution in [2.75, 3.05) is 0 Å². The molecule has 0 saturated heterocycles. The van der Waals surface area contributed by atoms with Gasteiger partial charge in [0, 0.05) is 10.9 Å². The van der Waals surface area contributed by atoms with Crippen LogP contribution in [0.4, 0.5) is 4.39 Å². The van der Waals surface area contributed by atoms with E-state index >= 15 is 0 Å². The zero-order chi connectivity index (χ0) is 13.8. The molecule has 2 rings (SSSR count). The Kier molecular flexibility index (Phi) is 4.55. The van der Waals surface area contributed by atoms with Gasteiger partial charge in [0.05, 0.1) is 11.7 Å². The highest BCUT2D eigenvalue weighted by Crippen LogP contribution is 2.23. The Balaban J connectivity index is 1.97. The van der Waals surface area contributed by atoms with Crippen LogP contribution >= 0.6 is 11.8 Å². The van der Waals surface area contributed by atoms with Crippen LogP contribution in [0.5, 0.6) is 0 Å². The Labute approximate surface area is 115 Å². The predicted molar refractivity (Wildman–Crippen MR) is 72.3 cm³/mol. The number of halogens is 1. The molecule has 2 aromatic rings. The molecule has 0 radical (unpaired) electrons. The van der Waals surface area contributed by atoms with E-state index < -0.39 is 0 Å². The average molecular weight is 281 g/mol. The van der Waals surface area contributed by atoms with E-state index in [1.54, 1.807) is 6.07 Å². The maximum atomic E-state index is 13.0. The first-order chi connectivity index (χ1) is 9.06. The van der Waals surface area contributed by atoms with Gasteiger partial charge < -0.3 is 10.3 Å². The molecule has 1 aromatic carbocycles. The van der Waals surface area contributed by atoms with Gasteiger partial charge in [0.15, 0.2) is 5.82 Å². The minimum absolute atomic E-state index is 0.0282. The maximum absolute atomic E-state index is 13.0. The Morgan fingerprint density at radius 1 is 1.42 bits per heavy atom. The van der Waals surface area contributed by atoms with E-state index in [1.807, 2.05) is 19.9 Å². The maximum Gasteiger partial charge on any atom is 0.231 e. The van der Waals surface area contributed by atoms with Crippen LogP contribution in [-0.2, 0) is 5.75 Å². The monoisotopic (exact) mass is 281 g/mol. The molecular weight excluding hydrogens is 265 g/mol. The largest absolute Gasteiger partial charge is 0.339 e. The van der Waals surface area contributed by atoms with Crippen LogP contribution in [0, 0.1) is 5.82 Å². The fourth-order valence-electron chi connectivity index (χ4n) is 1.44. The lowest BCUT2D eigenvalue weighted by Gasteiger charge is -2.09. The molecule has 2 N–H and O–H groups in total. The Morgan fingerprint density at radius 3 is 2.89 bits per heavy atom. The highest BCUT2D eigenvalue weighted by atomic mass is 32.2. The molecule has 6 heteroatoms. The summed E-state index contributed by atoms with van der Waals surface area (Å²) in [5.41, 5.74) is 5.78. The van der Waals surface area contributed by atoms with Crippen LogP contribution in [0.15, 0.2) is 33.7 Å². The van der Waals surface area contributed by atoms with E-state index in [0.717, 1.165) is 4.90 Å². The number of hydrogen-bond donors (Lipinski definition) is 1. The van der Waals surface area contributed by atoms with Crippen molar-refractivity contribution in [3.63, 3.8) is 0 Å². The van der Waals surface area contributed by atoms with Gasteiger partial charge >= 0.3 is 0 Å². The van der Waals surface area contributed by atoms with Crippen LogP contribution in [0.25, 0.3) is 0 Å². The summed E-state index contributed by atoms with van der Waals surface area (Å²) in [4.78, 5) is 5.14. The summed E-state index contributed by atoms with van der Waals surface area (Å²) in [5, 5.41) is 3.90. The fourth-order valence-corrected chi connectivity index (χ4v) is 2.22. The van der Waals surface area contributed by atoms with Gasteiger partial charge in [-0.25, -0.2) is 4.39 Å². The van der Waals surface area contributed by atoms with Crippen molar-refractivity contribution in [1.82, 2.24) is 10.1 Å². The van der Waals surface area contributed by atoms with E-state index in [9.17, 15) is 4.39 Å². The summed E-state index contributed by atoms with van der Waals surface area (Å²) >= 11 is 1.46. The van der Waals surface area contributed by atoms with Crippen molar-refractivity contribution in [2.24, 2.45) is 5.73 Å². The number of nitrogens with zero attached hydrogens (tertiary/aromatic N) is 2. The van der Waals surface area contributed by atoms with E-state index in [4.69, 9.17) is 10.3 Å². The highest BCUT2D eigenvalue weighted by Gasteiger charge is 2.17. The van der Waals surface area contributed by atoms with Crippen LogP contribution < -0.4 is 5.73 Å². The minimum Gasteiger partial charge on any atom is -0.339 e. The standard InChI is InChI=1S/C13H16FN3OS/c1-8(9(2)15)13-16-12(17-18-13)7-19-11-5-3-4-10(14)6-11/h3-6,8-9H,7,15H2,1-2H3. The number of rotatable bonds is 5. The zero-order valence-corrected chi connectivity index (χ0v) is 11.7. The Hall–Kier alpha value is -1.40. The molecule has 0 saturated carbocycles. The molecule has 0 aliphatic carbocycles. The normalized spacial score (nSPS) is 14.3. The summed E-state index contributed by atoms with van der Waals surface area (Å²) in [6.45, 7) is 3.84. The lowest BCUT2D eigenvalue weighted by Crippen LogP contribution is -2.22. The van der Waals surface area contributed by atoms with Crippen LogP contribution in [0.2, 0.25) is 0 Å². The van der Waals surface area contributed by atoms with Crippen LogP contribution in [0.1, 0.15) is 31.5 Å². The predicted octanol–water partition coefficient (Wildman–Crippen LogP) is 2.95. The molecule has 0 fully saturated rings. The lowest BCUT2D eigenvalue weighted by atomic mass is 10.1. The van der Waals surface area contributed by atoms with Gasteiger partial charge in [-0.2, -0.15) is 4.98 Å². The zero-order valence-electron chi connectivity index (χ0n) is 10.8.